The van der Waals surface area contributed by atoms with E-state index in [-0.39, 0.29) is 46.2 Å². The maximum Gasteiger partial charge on any atom is 0.235 e. The lowest BCUT2D eigenvalue weighted by molar-refractivity contribution is 0.473. The zero-order valence-electron chi connectivity index (χ0n) is 19.8. The van der Waals surface area contributed by atoms with Crippen molar-refractivity contribution in [1.82, 2.24) is 0 Å². The van der Waals surface area contributed by atoms with Gasteiger partial charge in [-0.1, -0.05) is 18.6 Å². The van der Waals surface area contributed by atoms with Gasteiger partial charge in [0.2, 0.25) is 20.0 Å². The fraction of sp³-hybridized carbons (Fsp3) is 0.280. The monoisotopic (exact) mass is 662 g/mol. The first-order valence-electron chi connectivity index (χ1n) is 11.5. The van der Waals surface area contributed by atoms with Gasteiger partial charge in [0.1, 0.15) is 17.4 Å². The zero-order chi connectivity index (χ0) is 26.8. The summed E-state index contributed by atoms with van der Waals surface area (Å²) >= 11 is 1.98. The average Bonchev–Trinajstić information content (AvgIpc) is 2.76. The molecular weight excluding hydrogens is 637 g/mol. The van der Waals surface area contributed by atoms with Crippen molar-refractivity contribution >= 4 is 54.0 Å². The summed E-state index contributed by atoms with van der Waals surface area (Å²) in [6.45, 7) is 1.49. The smallest absolute Gasteiger partial charge is 0.235 e. The summed E-state index contributed by atoms with van der Waals surface area (Å²) in [6, 6.07) is 12.8. The molecule has 37 heavy (non-hydrogen) atoms. The Labute approximate surface area is 228 Å². The molecule has 3 aromatic rings. The molecule has 0 amide bonds. The van der Waals surface area contributed by atoms with Crippen LogP contribution in [0.4, 0.5) is 20.2 Å². The second-order valence-corrected chi connectivity index (χ2v) is 13.9. The van der Waals surface area contributed by atoms with Crippen LogP contribution in [0.3, 0.4) is 0 Å². The van der Waals surface area contributed by atoms with Crippen LogP contribution in [0.2, 0.25) is 0 Å². The molecule has 0 radical (unpaired) electrons. The van der Waals surface area contributed by atoms with E-state index in [2.05, 4.69) is 9.44 Å². The molecule has 0 atom stereocenters. The van der Waals surface area contributed by atoms with Gasteiger partial charge in [0.15, 0.2) is 5.75 Å². The van der Waals surface area contributed by atoms with Gasteiger partial charge < -0.3 is 4.74 Å². The molecule has 3 aromatic carbocycles. The molecule has 0 heterocycles. The molecule has 7 nitrogen and oxygen atoms in total. The lowest BCUT2D eigenvalue weighted by Crippen LogP contribution is -2.33. The van der Waals surface area contributed by atoms with Gasteiger partial charge in [-0.15, -0.1) is 0 Å². The number of anilines is 2. The number of hydrogen-bond donors (Lipinski definition) is 2. The van der Waals surface area contributed by atoms with Gasteiger partial charge >= 0.3 is 0 Å². The summed E-state index contributed by atoms with van der Waals surface area (Å²) in [5, 5.41) is -0.583. The predicted molar refractivity (Wildman–Crippen MR) is 148 cm³/mol. The molecule has 0 unspecified atom stereocenters. The van der Waals surface area contributed by atoms with Gasteiger partial charge in [-0.3, -0.25) is 9.44 Å². The van der Waals surface area contributed by atoms with Crippen molar-refractivity contribution in [2.45, 2.75) is 37.9 Å². The van der Waals surface area contributed by atoms with Crippen molar-refractivity contribution in [3.05, 3.63) is 80.9 Å². The summed E-state index contributed by atoms with van der Waals surface area (Å²) in [5.41, 5.74) is 0.692. The maximum atomic E-state index is 14.8. The Morgan fingerprint density at radius 3 is 2.38 bits per heavy atom. The molecule has 4 rings (SSSR count). The van der Waals surface area contributed by atoms with E-state index in [0.717, 1.165) is 18.6 Å². The minimum Gasteiger partial charge on any atom is -0.455 e. The number of ether oxygens (including phenoxy) is 1. The summed E-state index contributed by atoms with van der Waals surface area (Å²) in [5.74, 6) is -1.31. The van der Waals surface area contributed by atoms with E-state index in [9.17, 15) is 25.6 Å². The minimum absolute atomic E-state index is 0.00536. The maximum absolute atomic E-state index is 14.8. The SMILES string of the molecule is CCS(=O)(=O)Nc1cccc(Oc2cc(F)cc(Cc3ccc(I)cc3F)c2NS(=O)(=O)C2CCC2)c1. The molecule has 12 heteroatoms. The van der Waals surface area contributed by atoms with Gasteiger partial charge in [-0.05, 0) is 83.8 Å². The minimum atomic E-state index is -3.81. The summed E-state index contributed by atoms with van der Waals surface area (Å²) in [7, 11) is -7.36. The Morgan fingerprint density at radius 1 is 0.973 bits per heavy atom. The lowest BCUT2D eigenvalue weighted by atomic mass is 10.0. The fourth-order valence-corrected chi connectivity index (χ4v) is 6.47. The highest BCUT2D eigenvalue weighted by Crippen LogP contribution is 2.38. The molecule has 0 saturated heterocycles. The van der Waals surface area contributed by atoms with E-state index in [1.165, 1.54) is 31.2 Å². The van der Waals surface area contributed by atoms with Gasteiger partial charge in [-0.25, -0.2) is 25.6 Å². The molecule has 198 valence electrons. The van der Waals surface area contributed by atoms with Crippen molar-refractivity contribution in [3.63, 3.8) is 0 Å². The molecule has 1 fully saturated rings. The van der Waals surface area contributed by atoms with Crippen LogP contribution in [0, 0.1) is 15.2 Å². The Balaban J connectivity index is 1.75. The number of halogens is 3. The van der Waals surface area contributed by atoms with E-state index in [4.69, 9.17) is 4.74 Å². The molecule has 1 aliphatic carbocycles. The van der Waals surface area contributed by atoms with E-state index in [1.807, 2.05) is 22.6 Å². The van der Waals surface area contributed by atoms with E-state index < -0.39 is 36.9 Å². The highest BCUT2D eigenvalue weighted by molar-refractivity contribution is 14.1. The Hall–Kier alpha value is -2.45. The van der Waals surface area contributed by atoms with Crippen LogP contribution in [-0.4, -0.2) is 27.8 Å². The highest BCUT2D eigenvalue weighted by atomic mass is 127. The molecule has 0 aliphatic heterocycles. The quantitative estimate of drug-likeness (QED) is 0.259. The molecule has 1 aliphatic rings. The summed E-state index contributed by atoms with van der Waals surface area (Å²) in [6.07, 6.45) is 1.72. The Morgan fingerprint density at radius 2 is 1.73 bits per heavy atom. The van der Waals surface area contributed by atoms with Crippen LogP contribution in [0.15, 0.2) is 54.6 Å². The third-order valence-electron chi connectivity index (χ3n) is 6.00. The first-order valence-corrected chi connectivity index (χ1v) is 15.8. The highest BCUT2D eigenvalue weighted by Gasteiger charge is 2.33. The lowest BCUT2D eigenvalue weighted by Gasteiger charge is -2.27. The predicted octanol–water partition coefficient (Wildman–Crippen LogP) is 6.01. The largest absolute Gasteiger partial charge is 0.455 e. The van der Waals surface area contributed by atoms with Gasteiger partial charge in [0.05, 0.1) is 22.4 Å². The molecule has 1 saturated carbocycles. The number of hydrogen-bond acceptors (Lipinski definition) is 5. The number of nitrogens with one attached hydrogen (secondary N) is 2. The standard InChI is InChI=1S/C25H25F2IN2O5S2/c1-2-36(31,32)29-20-5-3-6-21(15-20)35-24-13-18(26)12-17(11-16-9-10-19(28)14-23(16)27)25(24)30-37(33,34)22-7-4-8-22/h3,5-6,9-10,12-15,22,29-30H,2,4,7-8,11H2,1H3. The van der Waals surface area contributed by atoms with Gasteiger partial charge in [0.25, 0.3) is 0 Å². The van der Waals surface area contributed by atoms with Crippen molar-refractivity contribution in [1.29, 1.82) is 0 Å². The van der Waals surface area contributed by atoms with Gasteiger partial charge in [-0.2, -0.15) is 0 Å². The van der Waals surface area contributed by atoms with Crippen LogP contribution in [0.1, 0.15) is 37.3 Å². The van der Waals surface area contributed by atoms with E-state index in [1.54, 1.807) is 18.2 Å². The Kier molecular flexibility index (Phi) is 8.29. The van der Waals surface area contributed by atoms with Crippen molar-refractivity contribution in [2.24, 2.45) is 0 Å². The van der Waals surface area contributed by atoms with Crippen molar-refractivity contribution in [3.8, 4) is 11.5 Å². The summed E-state index contributed by atoms with van der Waals surface area (Å²) < 4.78 is 90.9. The van der Waals surface area contributed by atoms with Crippen LogP contribution in [0.25, 0.3) is 0 Å². The second kappa shape index (κ2) is 11.1. The van der Waals surface area contributed by atoms with Crippen LogP contribution in [-0.2, 0) is 26.5 Å². The fourth-order valence-electron chi connectivity index (χ4n) is 3.75. The zero-order valence-corrected chi connectivity index (χ0v) is 23.6. The van der Waals surface area contributed by atoms with Crippen molar-refractivity contribution in [2.75, 3.05) is 15.2 Å². The third kappa shape index (κ3) is 6.90. The first-order chi connectivity index (χ1) is 17.5. The van der Waals surface area contributed by atoms with Gasteiger partial charge in [0, 0.05) is 22.1 Å². The van der Waals surface area contributed by atoms with E-state index in [0.29, 0.717) is 16.4 Å². The number of rotatable bonds is 10. The van der Waals surface area contributed by atoms with Crippen LogP contribution >= 0.6 is 22.6 Å². The van der Waals surface area contributed by atoms with Crippen molar-refractivity contribution < 1.29 is 30.4 Å². The molecule has 0 spiro atoms. The number of benzene rings is 3. The first kappa shape index (κ1) is 27.6. The molecule has 0 bridgehead atoms. The topological polar surface area (TPSA) is 102 Å². The average molecular weight is 663 g/mol. The van der Waals surface area contributed by atoms with Crippen LogP contribution in [0.5, 0.6) is 11.5 Å². The molecule has 0 aromatic heterocycles. The third-order valence-corrected chi connectivity index (χ3v) is 9.81. The summed E-state index contributed by atoms with van der Waals surface area (Å²) in [4.78, 5) is 0. The van der Waals surface area contributed by atoms with E-state index >= 15 is 0 Å². The molecular formula is C25H25F2IN2O5S2. The Bertz CT molecular complexity index is 1530. The number of sulfonamides is 2. The van der Waals surface area contributed by atoms with Crippen LogP contribution < -0.4 is 14.2 Å². The normalized spacial score (nSPS) is 14.2. The molecule has 2 N–H and O–H groups in total. The second-order valence-electron chi connectivity index (χ2n) is 8.69.